The number of likely N-dealkylation sites (tertiary alicyclic amines) is 1. The average molecular weight is 342 g/mol. The number of anilines is 1. The minimum atomic E-state index is -0.849. The van der Waals surface area contributed by atoms with Crippen LogP contribution in [0, 0.1) is 11.8 Å². The maximum absolute atomic E-state index is 12.6. The van der Waals surface area contributed by atoms with Gasteiger partial charge < -0.3 is 5.32 Å². The number of Topliss-reactive ketones (excluding diaryl/α,β-unsaturated/α-hetero) is 1. The summed E-state index contributed by atoms with van der Waals surface area (Å²) in [5, 5.41) is 2.71. The lowest BCUT2D eigenvalue weighted by molar-refractivity contribution is -0.146. The van der Waals surface area contributed by atoms with Crippen LogP contribution in [0.25, 0.3) is 0 Å². The number of ketones is 1. The number of carbonyl (C=O) groups is 4. The Balaban J connectivity index is 1.70. The van der Waals surface area contributed by atoms with Gasteiger partial charge in [-0.15, -0.1) is 0 Å². The molecule has 1 heterocycles. The van der Waals surface area contributed by atoms with Crippen LogP contribution in [0.3, 0.4) is 0 Å². The molecule has 1 N–H and O–H groups in total. The summed E-state index contributed by atoms with van der Waals surface area (Å²) in [6.45, 7) is 3.05. The maximum atomic E-state index is 12.6. The van der Waals surface area contributed by atoms with Gasteiger partial charge in [-0.1, -0.05) is 12.8 Å². The summed E-state index contributed by atoms with van der Waals surface area (Å²) in [7, 11) is 0. The van der Waals surface area contributed by atoms with Gasteiger partial charge in [-0.3, -0.25) is 24.1 Å². The minimum absolute atomic E-state index is 0.0536. The Kier molecular flexibility index (Phi) is 4.70. The summed E-state index contributed by atoms with van der Waals surface area (Å²) in [6.07, 6.45) is 3.37. The van der Waals surface area contributed by atoms with Gasteiger partial charge in [0.05, 0.1) is 11.8 Å². The Morgan fingerprint density at radius 3 is 2.04 bits per heavy atom. The van der Waals surface area contributed by atoms with E-state index in [-0.39, 0.29) is 29.4 Å². The molecule has 6 heteroatoms. The molecule has 1 aromatic carbocycles. The number of fused-ring (bicyclic) bond motifs is 1. The Hall–Kier alpha value is -2.50. The Labute approximate surface area is 146 Å². The molecule has 6 nitrogen and oxygen atoms in total. The molecule has 1 aliphatic carbocycles. The van der Waals surface area contributed by atoms with Crippen molar-refractivity contribution in [3.8, 4) is 0 Å². The molecular weight excluding hydrogens is 320 g/mol. The number of hydrogen-bond acceptors (Lipinski definition) is 4. The topological polar surface area (TPSA) is 83.6 Å². The fraction of sp³-hybridized carbons (Fsp3) is 0.474. The van der Waals surface area contributed by atoms with E-state index in [1.807, 2.05) is 0 Å². The summed E-state index contributed by atoms with van der Waals surface area (Å²) >= 11 is 0. The van der Waals surface area contributed by atoms with Gasteiger partial charge in [0.15, 0.2) is 5.78 Å². The zero-order chi connectivity index (χ0) is 18.1. The van der Waals surface area contributed by atoms with Crippen LogP contribution in [-0.2, 0) is 14.4 Å². The van der Waals surface area contributed by atoms with Gasteiger partial charge in [-0.25, -0.2) is 0 Å². The molecular formula is C19H22N2O4. The highest BCUT2D eigenvalue weighted by Crippen LogP contribution is 2.38. The molecule has 3 amide bonds. The van der Waals surface area contributed by atoms with Gasteiger partial charge in [-0.05, 0) is 51.0 Å². The molecule has 3 unspecified atom stereocenters. The first kappa shape index (κ1) is 17.3. The van der Waals surface area contributed by atoms with Crippen molar-refractivity contribution in [2.75, 3.05) is 5.32 Å². The van der Waals surface area contributed by atoms with Gasteiger partial charge in [0, 0.05) is 11.3 Å². The van der Waals surface area contributed by atoms with Crippen molar-refractivity contribution in [3.63, 3.8) is 0 Å². The molecule has 1 saturated carbocycles. The van der Waals surface area contributed by atoms with Crippen LogP contribution in [0.15, 0.2) is 24.3 Å². The van der Waals surface area contributed by atoms with Crippen molar-refractivity contribution in [3.05, 3.63) is 29.8 Å². The second-order valence-corrected chi connectivity index (χ2v) is 6.84. The van der Waals surface area contributed by atoms with Gasteiger partial charge in [0.1, 0.15) is 6.04 Å². The molecule has 1 aromatic rings. The predicted molar refractivity (Wildman–Crippen MR) is 91.8 cm³/mol. The summed E-state index contributed by atoms with van der Waals surface area (Å²) in [5.74, 6) is -1.41. The van der Waals surface area contributed by atoms with Crippen LogP contribution in [0.5, 0.6) is 0 Å². The molecule has 0 bridgehead atoms. The summed E-state index contributed by atoms with van der Waals surface area (Å²) in [4.78, 5) is 50.0. The van der Waals surface area contributed by atoms with Crippen molar-refractivity contribution >= 4 is 29.2 Å². The van der Waals surface area contributed by atoms with Crippen molar-refractivity contribution in [1.82, 2.24) is 4.90 Å². The predicted octanol–water partition coefficient (Wildman–Crippen LogP) is 2.39. The van der Waals surface area contributed by atoms with E-state index in [2.05, 4.69) is 5.32 Å². The Morgan fingerprint density at radius 1 is 1.04 bits per heavy atom. The van der Waals surface area contributed by atoms with Crippen LogP contribution < -0.4 is 5.32 Å². The molecule has 2 fully saturated rings. The van der Waals surface area contributed by atoms with Crippen LogP contribution >= 0.6 is 0 Å². The monoisotopic (exact) mass is 342 g/mol. The van der Waals surface area contributed by atoms with Crippen LogP contribution in [0.2, 0.25) is 0 Å². The van der Waals surface area contributed by atoms with Crippen LogP contribution in [0.4, 0.5) is 5.69 Å². The van der Waals surface area contributed by atoms with Crippen molar-refractivity contribution in [2.24, 2.45) is 11.8 Å². The third kappa shape index (κ3) is 3.21. The van der Waals surface area contributed by atoms with E-state index in [1.165, 1.54) is 6.92 Å². The van der Waals surface area contributed by atoms with E-state index in [0.29, 0.717) is 11.3 Å². The minimum Gasteiger partial charge on any atom is -0.324 e. The first-order chi connectivity index (χ1) is 11.9. The lowest BCUT2D eigenvalue weighted by Gasteiger charge is -2.22. The van der Waals surface area contributed by atoms with Gasteiger partial charge >= 0.3 is 0 Å². The number of hydrogen-bond donors (Lipinski definition) is 1. The molecule has 0 spiro atoms. The van der Waals surface area contributed by atoms with Crippen molar-refractivity contribution in [1.29, 1.82) is 0 Å². The van der Waals surface area contributed by atoms with E-state index in [9.17, 15) is 19.2 Å². The van der Waals surface area contributed by atoms with Crippen LogP contribution in [-0.4, -0.2) is 34.4 Å². The normalized spacial score (nSPS) is 24.0. The third-order valence-electron chi connectivity index (χ3n) is 5.20. The summed E-state index contributed by atoms with van der Waals surface area (Å²) in [6, 6.07) is 5.67. The molecule has 25 heavy (non-hydrogen) atoms. The van der Waals surface area contributed by atoms with E-state index < -0.39 is 11.9 Å². The van der Waals surface area contributed by atoms with E-state index in [1.54, 1.807) is 31.2 Å². The SMILES string of the molecule is CC(=O)c1ccc(NC(=O)C(C)N2C(=O)C3CCCCC3C2=O)cc1. The molecule has 0 radical (unpaired) electrons. The quantitative estimate of drug-likeness (QED) is 0.673. The number of imide groups is 1. The largest absolute Gasteiger partial charge is 0.324 e. The lowest BCUT2D eigenvalue weighted by atomic mass is 9.81. The fourth-order valence-corrected chi connectivity index (χ4v) is 3.72. The highest BCUT2D eigenvalue weighted by Gasteiger charge is 2.50. The standard InChI is InChI=1S/C19H22N2O4/c1-11(17(23)20-14-9-7-13(8-10-14)12(2)22)21-18(24)15-5-3-4-6-16(15)19(21)25/h7-11,15-16H,3-6H2,1-2H3,(H,20,23). The first-order valence-corrected chi connectivity index (χ1v) is 8.69. The molecule has 1 saturated heterocycles. The van der Waals surface area contributed by atoms with Crippen LogP contribution in [0.1, 0.15) is 49.9 Å². The smallest absolute Gasteiger partial charge is 0.247 e. The van der Waals surface area contributed by atoms with Crippen molar-refractivity contribution < 1.29 is 19.2 Å². The highest BCUT2D eigenvalue weighted by molar-refractivity contribution is 6.09. The zero-order valence-electron chi connectivity index (χ0n) is 14.5. The second kappa shape index (κ2) is 6.78. The third-order valence-corrected chi connectivity index (χ3v) is 5.20. The Bertz CT molecular complexity index is 701. The summed E-state index contributed by atoms with van der Waals surface area (Å²) in [5.41, 5.74) is 1.08. The van der Waals surface area contributed by atoms with Gasteiger partial charge in [-0.2, -0.15) is 0 Å². The molecule has 1 aliphatic heterocycles. The number of benzene rings is 1. The van der Waals surface area contributed by atoms with E-state index in [4.69, 9.17) is 0 Å². The number of nitrogens with zero attached hydrogens (tertiary/aromatic N) is 1. The maximum Gasteiger partial charge on any atom is 0.247 e. The molecule has 132 valence electrons. The number of nitrogens with one attached hydrogen (secondary N) is 1. The number of amides is 3. The first-order valence-electron chi connectivity index (χ1n) is 8.69. The fourth-order valence-electron chi connectivity index (χ4n) is 3.72. The zero-order valence-corrected chi connectivity index (χ0v) is 14.5. The summed E-state index contributed by atoms with van der Waals surface area (Å²) < 4.78 is 0. The van der Waals surface area contributed by atoms with Gasteiger partial charge in [0.25, 0.3) is 0 Å². The van der Waals surface area contributed by atoms with E-state index >= 15 is 0 Å². The highest BCUT2D eigenvalue weighted by atomic mass is 16.2. The van der Waals surface area contributed by atoms with E-state index in [0.717, 1.165) is 30.6 Å². The Morgan fingerprint density at radius 2 is 1.56 bits per heavy atom. The number of rotatable bonds is 4. The molecule has 3 atom stereocenters. The number of carbonyl (C=O) groups excluding carboxylic acids is 4. The average Bonchev–Trinajstić information content (AvgIpc) is 2.86. The molecule has 3 rings (SSSR count). The second-order valence-electron chi connectivity index (χ2n) is 6.84. The van der Waals surface area contributed by atoms with Gasteiger partial charge in [0.2, 0.25) is 17.7 Å². The lowest BCUT2D eigenvalue weighted by Crippen LogP contribution is -2.46. The van der Waals surface area contributed by atoms with Crippen molar-refractivity contribution in [2.45, 2.75) is 45.6 Å². The molecule has 2 aliphatic rings. The molecule has 0 aromatic heterocycles.